The molecule has 0 bridgehead atoms. The first-order chi connectivity index (χ1) is 11.8. The summed E-state index contributed by atoms with van der Waals surface area (Å²) >= 11 is 0. The molecule has 1 aromatic carbocycles. The highest BCUT2D eigenvalue weighted by molar-refractivity contribution is 5.94. The third-order valence-electron chi connectivity index (χ3n) is 5.16. The maximum Gasteiger partial charge on any atom is 0.251 e. The molecule has 1 amide bonds. The Morgan fingerprint density at radius 3 is 2.83 bits per heavy atom. The first-order valence-corrected chi connectivity index (χ1v) is 9.19. The SMILES string of the molecule is CCNC(=O)c1ccc(CNC2CCCC2C2COCCN2)cc1. The summed E-state index contributed by atoms with van der Waals surface area (Å²) in [6.07, 6.45) is 3.80. The minimum atomic E-state index is -0.00348. The molecule has 3 unspecified atom stereocenters. The number of nitrogens with one attached hydrogen (secondary N) is 3. The van der Waals surface area contributed by atoms with E-state index in [0.717, 1.165) is 31.9 Å². The van der Waals surface area contributed by atoms with Crippen molar-refractivity contribution >= 4 is 5.91 Å². The van der Waals surface area contributed by atoms with Crippen LogP contribution in [0.4, 0.5) is 0 Å². The van der Waals surface area contributed by atoms with Crippen molar-refractivity contribution in [2.24, 2.45) is 5.92 Å². The van der Waals surface area contributed by atoms with E-state index in [2.05, 4.69) is 16.0 Å². The van der Waals surface area contributed by atoms with Gasteiger partial charge in [0.1, 0.15) is 0 Å². The number of rotatable bonds is 6. The maximum absolute atomic E-state index is 11.8. The molecule has 2 aliphatic rings. The van der Waals surface area contributed by atoms with E-state index in [1.807, 2.05) is 31.2 Å². The number of ether oxygens (including phenoxy) is 1. The Hall–Kier alpha value is -1.43. The summed E-state index contributed by atoms with van der Waals surface area (Å²) in [6, 6.07) is 8.94. The predicted octanol–water partition coefficient (Wildman–Crippen LogP) is 1.68. The van der Waals surface area contributed by atoms with E-state index in [1.165, 1.54) is 24.8 Å². The Kier molecular flexibility index (Phi) is 6.24. The van der Waals surface area contributed by atoms with E-state index >= 15 is 0 Å². The number of amides is 1. The van der Waals surface area contributed by atoms with Crippen LogP contribution in [0.2, 0.25) is 0 Å². The lowest BCUT2D eigenvalue weighted by molar-refractivity contribution is 0.0524. The Labute approximate surface area is 144 Å². The molecule has 1 aromatic rings. The summed E-state index contributed by atoms with van der Waals surface area (Å²) in [7, 11) is 0. The minimum Gasteiger partial charge on any atom is -0.379 e. The van der Waals surface area contributed by atoms with E-state index in [1.54, 1.807) is 0 Å². The number of carbonyl (C=O) groups is 1. The molecule has 0 aromatic heterocycles. The average molecular weight is 331 g/mol. The smallest absolute Gasteiger partial charge is 0.251 e. The zero-order valence-corrected chi connectivity index (χ0v) is 14.5. The Morgan fingerprint density at radius 2 is 2.12 bits per heavy atom. The topological polar surface area (TPSA) is 62.4 Å². The van der Waals surface area contributed by atoms with Crippen molar-refractivity contribution < 1.29 is 9.53 Å². The van der Waals surface area contributed by atoms with Crippen molar-refractivity contribution in [3.8, 4) is 0 Å². The molecule has 3 atom stereocenters. The highest BCUT2D eigenvalue weighted by Gasteiger charge is 2.34. The monoisotopic (exact) mass is 331 g/mol. The van der Waals surface area contributed by atoms with Crippen molar-refractivity contribution in [1.82, 2.24) is 16.0 Å². The maximum atomic E-state index is 11.8. The molecule has 5 heteroatoms. The quantitative estimate of drug-likeness (QED) is 0.742. The molecule has 0 spiro atoms. The summed E-state index contributed by atoms with van der Waals surface area (Å²) < 4.78 is 5.63. The van der Waals surface area contributed by atoms with Gasteiger partial charge in [-0.2, -0.15) is 0 Å². The van der Waals surface area contributed by atoms with Gasteiger partial charge >= 0.3 is 0 Å². The zero-order valence-electron chi connectivity index (χ0n) is 14.5. The Morgan fingerprint density at radius 1 is 1.29 bits per heavy atom. The van der Waals surface area contributed by atoms with E-state index in [0.29, 0.717) is 24.5 Å². The van der Waals surface area contributed by atoms with Crippen LogP contribution in [0.5, 0.6) is 0 Å². The Balaban J connectivity index is 1.52. The molecule has 1 heterocycles. The average Bonchev–Trinajstić information content (AvgIpc) is 3.10. The van der Waals surface area contributed by atoms with Gasteiger partial charge in [-0.15, -0.1) is 0 Å². The largest absolute Gasteiger partial charge is 0.379 e. The lowest BCUT2D eigenvalue weighted by Gasteiger charge is -2.33. The summed E-state index contributed by atoms with van der Waals surface area (Å²) in [4.78, 5) is 11.8. The lowest BCUT2D eigenvalue weighted by Crippen LogP contribution is -2.50. The van der Waals surface area contributed by atoms with Crippen LogP contribution in [0.3, 0.4) is 0 Å². The van der Waals surface area contributed by atoms with Gasteiger partial charge in [0, 0.05) is 37.3 Å². The second-order valence-corrected chi connectivity index (χ2v) is 6.77. The number of hydrogen-bond acceptors (Lipinski definition) is 4. The second-order valence-electron chi connectivity index (χ2n) is 6.77. The molecule has 5 nitrogen and oxygen atoms in total. The van der Waals surface area contributed by atoms with Gasteiger partial charge in [0.05, 0.1) is 13.2 Å². The third-order valence-corrected chi connectivity index (χ3v) is 5.16. The molecular formula is C19H29N3O2. The van der Waals surface area contributed by atoms with Crippen molar-refractivity contribution in [3.63, 3.8) is 0 Å². The van der Waals surface area contributed by atoms with Gasteiger partial charge in [-0.05, 0) is 43.4 Å². The fraction of sp³-hybridized carbons (Fsp3) is 0.632. The van der Waals surface area contributed by atoms with Gasteiger partial charge in [-0.25, -0.2) is 0 Å². The van der Waals surface area contributed by atoms with E-state index in [-0.39, 0.29) is 5.91 Å². The van der Waals surface area contributed by atoms with Crippen molar-refractivity contribution in [3.05, 3.63) is 35.4 Å². The fourth-order valence-corrected chi connectivity index (χ4v) is 3.87. The van der Waals surface area contributed by atoms with Crippen LogP contribution in [0, 0.1) is 5.92 Å². The third kappa shape index (κ3) is 4.35. The number of carbonyl (C=O) groups excluding carboxylic acids is 1. The molecular weight excluding hydrogens is 302 g/mol. The van der Waals surface area contributed by atoms with Crippen LogP contribution in [-0.2, 0) is 11.3 Å². The summed E-state index contributed by atoms with van der Waals surface area (Å²) in [5.74, 6) is 0.649. The molecule has 3 N–H and O–H groups in total. The molecule has 0 radical (unpaired) electrons. The summed E-state index contributed by atoms with van der Waals surface area (Å²) in [5.41, 5.74) is 1.95. The van der Waals surface area contributed by atoms with Crippen LogP contribution in [0.15, 0.2) is 24.3 Å². The minimum absolute atomic E-state index is 0.00348. The fourth-order valence-electron chi connectivity index (χ4n) is 3.87. The lowest BCUT2D eigenvalue weighted by atomic mass is 9.94. The zero-order chi connectivity index (χ0) is 16.8. The molecule has 3 rings (SSSR count). The number of morpholine rings is 1. The first-order valence-electron chi connectivity index (χ1n) is 9.19. The molecule has 1 saturated heterocycles. The number of hydrogen-bond donors (Lipinski definition) is 3. The van der Waals surface area contributed by atoms with Gasteiger partial charge in [0.25, 0.3) is 5.91 Å². The van der Waals surface area contributed by atoms with Crippen LogP contribution in [0.25, 0.3) is 0 Å². The standard InChI is InChI=1S/C19H29N3O2/c1-2-20-19(23)15-8-6-14(7-9-15)12-22-17-5-3-4-16(17)18-13-24-11-10-21-18/h6-9,16-18,21-22H,2-5,10-13H2,1H3,(H,20,23). The van der Waals surface area contributed by atoms with E-state index in [4.69, 9.17) is 4.74 Å². The molecule has 24 heavy (non-hydrogen) atoms. The van der Waals surface area contributed by atoms with Crippen LogP contribution >= 0.6 is 0 Å². The highest BCUT2D eigenvalue weighted by Crippen LogP contribution is 2.29. The molecule has 2 fully saturated rings. The first kappa shape index (κ1) is 17.4. The van der Waals surface area contributed by atoms with Gasteiger partial charge in [-0.3, -0.25) is 4.79 Å². The highest BCUT2D eigenvalue weighted by atomic mass is 16.5. The van der Waals surface area contributed by atoms with Crippen LogP contribution < -0.4 is 16.0 Å². The second kappa shape index (κ2) is 8.60. The van der Waals surface area contributed by atoms with Gasteiger partial charge in [-0.1, -0.05) is 18.6 Å². The van der Waals surface area contributed by atoms with Gasteiger partial charge in [0.15, 0.2) is 0 Å². The van der Waals surface area contributed by atoms with Crippen molar-refractivity contribution in [1.29, 1.82) is 0 Å². The van der Waals surface area contributed by atoms with Crippen molar-refractivity contribution in [2.45, 2.75) is 44.8 Å². The molecule has 1 aliphatic heterocycles. The molecule has 132 valence electrons. The normalized spacial score (nSPS) is 27.1. The summed E-state index contributed by atoms with van der Waals surface area (Å²) in [5, 5.41) is 10.2. The van der Waals surface area contributed by atoms with Crippen LogP contribution in [-0.4, -0.2) is 44.3 Å². The molecule has 1 aliphatic carbocycles. The number of benzene rings is 1. The predicted molar refractivity (Wildman–Crippen MR) is 95.0 cm³/mol. The Bertz CT molecular complexity index is 526. The van der Waals surface area contributed by atoms with Gasteiger partial charge in [0.2, 0.25) is 0 Å². The van der Waals surface area contributed by atoms with Crippen molar-refractivity contribution in [2.75, 3.05) is 26.3 Å². The summed E-state index contributed by atoms with van der Waals surface area (Å²) in [6.45, 7) is 6.08. The molecule has 1 saturated carbocycles. The van der Waals surface area contributed by atoms with E-state index < -0.39 is 0 Å². The van der Waals surface area contributed by atoms with Crippen LogP contribution in [0.1, 0.15) is 42.1 Å². The van der Waals surface area contributed by atoms with E-state index in [9.17, 15) is 4.79 Å². The van der Waals surface area contributed by atoms with Gasteiger partial charge < -0.3 is 20.7 Å².